The first-order valence-electron chi connectivity index (χ1n) is 5.45. The van der Waals surface area contributed by atoms with E-state index >= 15 is 0 Å². The molecular weight excluding hydrogens is 258 g/mol. The van der Waals surface area contributed by atoms with E-state index in [-0.39, 0.29) is 29.0 Å². The van der Waals surface area contributed by atoms with Gasteiger partial charge in [0.15, 0.2) is 0 Å². The van der Waals surface area contributed by atoms with Crippen LogP contribution in [0.25, 0.3) is 0 Å². The summed E-state index contributed by atoms with van der Waals surface area (Å²) in [5.74, 6) is -0.471. The third-order valence-electron chi connectivity index (χ3n) is 2.36. The van der Waals surface area contributed by atoms with Gasteiger partial charge in [0.1, 0.15) is 11.5 Å². The van der Waals surface area contributed by atoms with Crippen LogP contribution >= 0.6 is 11.6 Å². The highest BCUT2D eigenvalue weighted by atomic mass is 35.5. The molecule has 0 heterocycles. The molecule has 0 aromatic heterocycles. The molecule has 0 saturated carbocycles. The van der Waals surface area contributed by atoms with Crippen molar-refractivity contribution >= 4 is 17.5 Å². The van der Waals surface area contributed by atoms with Crippen LogP contribution < -0.4 is 5.32 Å². The van der Waals surface area contributed by atoms with Gasteiger partial charge in [-0.1, -0.05) is 0 Å². The smallest absolute Gasteiger partial charge is 0.251 e. The fourth-order valence-corrected chi connectivity index (χ4v) is 1.67. The predicted molar refractivity (Wildman–Crippen MR) is 68.2 cm³/mol. The lowest BCUT2D eigenvalue weighted by Crippen LogP contribution is -2.36. The molecule has 3 N–H and O–H groups in total. The van der Waals surface area contributed by atoms with Crippen molar-refractivity contribution in [2.45, 2.75) is 12.5 Å². The van der Waals surface area contributed by atoms with E-state index in [1.54, 1.807) is 7.11 Å². The van der Waals surface area contributed by atoms with E-state index in [0.717, 1.165) is 6.07 Å². The Hall–Kier alpha value is -1.46. The average molecular weight is 274 g/mol. The van der Waals surface area contributed by atoms with Crippen molar-refractivity contribution < 1.29 is 19.7 Å². The number of nitrogens with one attached hydrogen (secondary N) is 1. The molecule has 1 atom stereocenters. The lowest BCUT2D eigenvalue weighted by Gasteiger charge is -2.15. The van der Waals surface area contributed by atoms with Crippen LogP contribution in [0.3, 0.4) is 0 Å². The molecule has 1 aromatic carbocycles. The number of phenolic OH excluding ortho intramolecular Hbond substituents is 2. The van der Waals surface area contributed by atoms with Crippen LogP contribution in [0.4, 0.5) is 0 Å². The molecular formula is C12H16ClNO4. The molecule has 0 spiro atoms. The number of carbonyl (C=O) groups excluding carboxylic acids is 1. The van der Waals surface area contributed by atoms with Crippen molar-refractivity contribution in [3.8, 4) is 11.5 Å². The molecule has 5 nitrogen and oxygen atoms in total. The van der Waals surface area contributed by atoms with Gasteiger partial charge in [0, 0.05) is 37.3 Å². The van der Waals surface area contributed by atoms with Gasteiger partial charge in [0.25, 0.3) is 5.91 Å². The van der Waals surface area contributed by atoms with Gasteiger partial charge in [0.2, 0.25) is 0 Å². The third-order valence-corrected chi connectivity index (χ3v) is 2.73. The topological polar surface area (TPSA) is 78.8 Å². The summed E-state index contributed by atoms with van der Waals surface area (Å²) in [4.78, 5) is 11.8. The Morgan fingerprint density at radius 1 is 1.39 bits per heavy atom. The van der Waals surface area contributed by atoms with E-state index in [9.17, 15) is 15.0 Å². The van der Waals surface area contributed by atoms with Crippen molar-refractivity contribution in [3.05, 3.63) is 23.8 Å². The van der Waals surface area contributed by atoms with Crippen LogP contribution in [0.15, 0.2) is 18.2 Å². The Labute approximate surface area is 110 Å². The minimum Gasteiger partial charge on any atom is -0.508 e. The Morgan fingerprint density at radius 2 is 2.00 bits per heavy atom. The number of aromatic hydroxyl groups is 2. The molecule has 1 unspecified atom stereocenters. The number of methoxy groups -OCH3 is 1. The predicted octanol–water partition coefficient (Wildman–Crippen LogP) is 1.47. The molecule has 100 valence electrons. The van der Waals surface area contributed by atoms with E-state index in [1.807, 2.05) is 0 Å². The van der Waals surface area contributed by atoms with Crippen molar-refractivity contribution in [1.82, 2.24) is 5.32 Å². The van der Waals surface area contributed by atoms with Crippen LogP contribution in [0.5, 0.6) is 11.5 Å². The zero-order chi connectivity index (χ0) is 13.5. The van der Waals surface area contributed by atoms with Crippen LogP contribution in [-0.2, 0) is 4.74 Å². The van der Waals surface area contributed by atoms with Gasteiger partial charge in [-0.3, -0.25) is 4.79 Å². The summed E-state index contributed by atoms with van der Waals surface area (Å²) in [6.07, 6.45) is 0.594. The number of benzene rings is 1. The molecule has 1 rings (SSSR count). The summed E-state index contributed by atoms with van der Waals surface area (Å²) < 4.78 is 4.91. The molecule has 0 aliphatic heterocycles. The van der Waals surface area contributed by atoms with Gasteiger partial charge in [-0.15, -0.1) is 11.6 Å². The highest BCUT2D eigenvalue weighted by Gasteiger charge is 2.14. The summed E-state index contributed by atoms with van der Waals surface area (Å²) >= 11 is 5.73. The van der Waals surface area contributed by atoms with E-state index < -0.39 is 5.91 Å². The van der Waals surface area contributed by atoms with Gasteiger partial charge in [-0.25, -0.2) is 0 Å². The number of phenols is 2. The highest BCUT2D eigenvalue weighted by molar-refractivity contribution is 6.18. The normalized spacial score (nSPS) is 12.1. The van der Waals surface area contributed by atoms with Gasteiger partial charge in [-0.2, -0.15) is 0 Å². The Bertz CT molecular complexity index is 391. The minimum atomic E-state index is -0.400. The number of halogens is 1. The highest BCUT2D eigenvalue weighted by Crippen LogP contribution is 2.20. The first-order valence-corrected chi connectivity index (χ1v) is 5.99. The van der Waals surface area contributed by atoms with E-state index in [0.29, 0.717) is 13.0 Å². The standard InChI is InChI=1S/C12H16ClNO4/c1-18-3-2-9(7-13)14-12(17)8-4-10(15)6-11(16)5-8/h4-6,9,15-16H,2-3,7H2,1H3,(H,14,17). The Balaban J connectivity index is 2.68. The van der Waals surface area contributed by atoms with E-state index in [2.05, 4.69) is 5.32 Å². The Kier molecular flexibility index (Phi) is 5.74. The van der Waals surface area contributed by atoms with E-state index in [1.165, 1.54) is 12.1 Å². The molecule has 0 bridgehead atoms. The molecule has 0 aliphatic rings. The molecule has 0 aliphatic carbocycles. The number of ether oxygens (including phenoxy) is 1. The van der Waals surface area contributed by atoms with Crippen molar-refractivity contribution in [1.29, 1.82) is 0 Å². The molecule has 18 heavy (non-hydrogen) atoms. The first-order chi connectivity index (χ1) is 8.56. The molecule has 0 fully saturated rings. The molecule has 1 amide bonds. The van der Waals surface area contributed by atoms with Gasteiger partial charge < -0.3 is 20.3 Å². The second kappa shape index (κ2) is 7.08. The zero-order valence-electron chi connectivity index (χ0n) is 10.0. The monoisotopic (exact) mass is 273 g/mol. The number of amides is 1. The minimum absolute atomic E-state index is 0.167. The third kappa shape index (κ3) is 4.43. The van der Waals surface area contributed by atoms with Crippen LogP contribution in [-0.4, -0.2) is 41.8 Å². The van der Waals surface area contributed by atoms with Crippen molar-refractivity contribution in [2.75, 3.05) is 19.6 Å². The number of hydrogen-bond acceptors (Lipinski definition) is 4. The number of rotatable bonds is 6. The molecule has 1 aromatic rings. The number of hydrogen-bond donors (Lipinski definition) is 3. The lowest BCUT2D eigenvalue weighted by atomic mass is 10.1. The summed E-state index contributed by atoms with van der Waals surface area (Å²) in [6, 6.07) is 3.48. The second-order valence-corrected chi connectivity index (χ2v) is 4.15. The fourth-order valence-electron chi connectivity index (χ4n) is 1.44. The molecule has 0 saturated heterocycles. The number of alkyl halides is 1. The summed E-state index contributed by atoms with van der Waals surface area (Å²) in [7, 11) is 1.57. The molecule has 6 heteroatoms. The maximum absolute atomic E-state index is 11.8. The van der Waals surface area contributed by atoms with Crippen LogP contribution in [0.2, 0.25) is 0 Å². The van der Waals surface area contributed by atoms with Crippen LogP contribution in [0, 0.1) is 0 Å². The first kappa shape index (κ1) is 14.6. The Morgan fingerprint density at radius 3 is 2.50 bits per heavy atom. The maximum atomic E-state index is 11.8. The number of carbonyl (C=O) groups is 1. The largest absolute Gasteiger partial charge is 0.508 e. The average Bonchev–Trinajstić information content (AvgIpc) is 2.32. The van der Waals surface area contributed by atoms with Crippen molar-refractivity contribution in [3.63, 3.8) is 0 Å². The van der Waals surface area contributed by atoms with Gasteiger partial charge in [0.05, 0.1) is 0 Å². The quantitative estimate of drug-likeness (QED) is 0.686. The maximum Gasteiger partial charge on any atom is 0.251 e. The van der Waals surface area contributed by atoms with Crippen LogP contribution in [0.1, 0.15) is 16.8 Å². The van der Waals surface area contributed by atoms with Crippen molar-refractivity contribution in [2.24, 2.45) is 0 Å². The zero-order valence-corrected chi connectivity index (χ0v) is 10.8. The van der Waals surface area contributed by atoms with Gasteiger partial charge >= 0.3 is 0 Å². The summed E-state index contributed by atoms with van der Waals surface area (Å²) in [6.45, 7) is 0.489. The summed E-state index contributed by atoms with van der Waals surface area (Å²) in [5.41, 5.74) is 0.181. The second-order valence-electron chi connectivity index (χ2n) is 3.84. The molecule has 0 radical (unpaired) electrons. The fraction of sp³-hybridized carbons (Fsp3) is 0.417. The SMILES string of the molecule is COCCC(CCl)NC(=O)c1cc(O)cc(O)c1. The summed E-state index contributed by atoms with van der Waals surface area (Å²) in [5, 5.41) is 21.3. The van der Waals surface area contributed by atoms with E-state index in [4.69, 9.17) is 16.3 Å². The van der Waals surface area contributed by atoms with Gasteiger partial charge in [-0.05, 0) is 18.6 Å². The lowest BCUT2D eigenvalue weighted by molar-refractivity contribution is 0.0929.